The molecule has 0 aliphatic carbocycles. The lowest BCUT2D eigenvalue weighted by Crippen LogP contribution is -2.37. The number of nitrogen functional groups attached to an aromatic ring is 1. The summed E-state index contributed by atoms with van der Waals surface area (Å²) in [7, 11) is -3.71. The van der Waals surface area contributed by atoms with Crippen LogP contribution in [-0.2, 0) is 14.6 Å². The topological polar surface area (TPSA) is 89.3 Å². The second kappa shape index (κ2) is 6.95. The largest absolute Gasteiger partial charge is 0.398 e. The molecule has 0 heterocycles. The van der Waals surface area contributed by atoms with Crippen LogP contribution < -0.4 is 11.1 Å². The third-order valence-electron chi connectivity index (χ3n) is 3.00. The molecule has 0 aliphatic heterocycles. The van der Waals surface area contributed by atoms with Crippen LogP contribution in [0.3, 0.4) is 0 Å². The summed E-state index contributed by atoms with van der Waals surface area (Å²) in [5.41, 5.74) is 5.83. The lowest BCUT2D eigenvalue weighted by Gasteiger charge is -2.14. The molecular weight excluding hydrogens is 300 g/mol. The van der Waals surface area contributed by atoms with Crippen molar-refractivity contribution in [3.63, 3.8) is 0 Å². The van der Waals surface area contributed by atoms with E-state index in [9.17, 15) is 13.2 Å². The zero-order valence-electron chi connectivity index (χ0n) is 11.5. The molecule has 0 unspecified atom stereocenters. The molecule has 0 aromatic heterocycles. The summed E-state index contributed by atoms with van der Waals surface area (Å²) in [4.78, 5) is 11.8. The molecule has 0 spiro atoms. The van der Waals surface area contributed by atoms with E-state index in [1.807, 2.05) is 13.8 Å². The van der Waals surface area contributed by atoms with E-state index in [1.54, 1.807) is 0 Å². The normalized spacial score (nSPS) is 11.6. The third-order valence-corrected chi connectivity index (χ3v) is 4.94. The zero-order chi connectivity index (χ0) is 15.3. The Morgan fingerprint density at radius 1 is 1.35 bits per heavy atom. The highest BCUT2D eigenvalue weighted by molar-refractivity contribution is 7.92. The molecular formula is C13H19ClN2O3S. The molecule has 0 fully saturated rings. The standard InChI is InChI=1S/C13H19ClN2O3S/c1-3-9(4-2)16-13(17)8-20(18,19)10-5-6-12(15)11(14)7-10/h5-7,9H,3-4,8,15H2,1-2H3,(H,16,17). The van der Waals surface area contributed by atoms with Crippen LogP contribution in [0.2, 0.25) is 5.02 Å². The SMILES string of the molecule is CCC(CC)NC(=O)CS(=O)(=O)c1ccc(N)c(Cl)c1. The maximum absolute atomic E-state index is 12.1. The number of hydrogen-bond acceptors (Lipinski definition) is 4. The van der Waals surface area contributed by atoms with Gasteiger partial charge in [-0.15, -0.1) is 0 Å². The minimum Gasteiger partial charge on any atom is -0.398 e. The monoisotopic (exact) mass is 318 g/mol. The number of amides is 1. The molecule has 1 amide bonds. The molecule has 0 bridgehead atoms. The first-order chi connectivity index (χ1) is 9.30. The summed E-state index contributed by atoms with van der Waals surface area (Å²) in [6.07, 6.45) is 1.52. The van der Waals surface area contributed by atoms with E-state index in [0.717, 1.165) is 12.8 Å². The molecule has 1 aromatic carbocycles. The number of rotatable bonds is 6. The predicted octanol–water partition coefficient (Wildman–Crippen LogP) is 2.00. The fourth-order valence-corrected chi connectivity index (χ4v) is 3.13. The lowest BCUT2D eigenvalue weighted by molar-refractivity contribution is -0.119. The maximum atomic E-state index is 12.1. The van der Waals surface area contributed by atoms with Gasteiger partial charge in [-0.3, -0.25) is 4.79 Å². The summed E-state index contributed by atoms with van der Waals surface area (Å²) in [5, 5.41) is 2.85. The van der Waals surface area contributed by atoms with Gasteiger partial charge in [0.1, 0.15) is 5.75 Å². The number of carbonyl (C=O) groups is 1. The molecule has 112 valence electrons. The summed E-state index contributed by atoms with van der Waals surface area (Å²) in [6.45, 7) is 3.87. The second-order valence-electron chi connectivity index (χ2n) is 4.52. The highest BCUT2D eigenvalue weighted by atomic mass is 35.5. The summed E-state index contributed by atoms with van der Waals surface area (Å²) in [5.74, 6) is -1.10. The van der Waals surface area contributed by atoms with E-state index in [1.165, 1.54) is 18.2 Å². The van der Waals surface area contributed by atoms with E-state index in [4.69, 9.17) is 17.3 Å². The molecule has 7 heteroatoms. The first-order valence-corrected chi connectivity index (χ1v) is 8.40. The average Bonchev–Trinajstić information content (AvgIpc) is 2.38. The molecule has 0 saturated carbocycles. The number of halogens is 1. The molecule has 1 rings (SSSR count). The van der Waals surface area contributed by atoms with Gasteiger partial charge in [-0.05, 0) is 31.0 Å². The van der Waals surface area contributed by atoms with Crippen LogP contribution in [0.5, 0.6) is 0 Å². The number of sulfone groups is 1. The highest BCUT2D eigenvalue weighted by Crippen LogP contribution is 2.23. The van der Waals surface area contributed by atoms with Crippen molar-refractivity contribution >= 4 is 33.0 Å². The Hall–Kier alpha value is -1.27. The van der Waals surface area contributed by atoms with E-state index in [2.05, 4.69) is 5.32 Å². The van der Waals surface area contributed by atoms with Gasteiger partial charge in [0.25, 0.3) is 0 Å². The van der Waals surface area contributed by atoms with E-state index < -0.39 is 21.5 Å². The van der Waals surface area contributed by atoms with Gasteiger partial charge in [0, 0.05) is 6.04 Å². The molecule has 5 nitrogen and oxygen atoms in total. The number of carbonyl (C=O) groups excluding carboxylic acids is 1. The number of anilines is 1. The van der Waals surface area contributed by atoms with E-state index in [-0.39, 0.29) is 16.0 Å². The Kier molecular flexibility index (Phi) is 5.83. The van der Waals surface area contributed by atoms with Crippen LogP contribution in [0.1, 0.15) is 26.7 Å². The summed E-state index contributed by atoms with van der Waals surface area (Å²) in [6, 6.07) is 4.01. The van der Waals surface area contributed by atoms with Crippen molar-refractivity contribution in [3.05, 3.63) is 23.2 Å². The zero-order valence-corrected chi connectivity index (χ0v) is 13.1. The Balaban J connectivity index is 2.84. The van der Waals surface area contributed by atoms with Crippen molar-refractivity contribution in [2.45, 2.75) is 37.6 Å². The van der Waals surface area contributed by atoms with Crippen molar-refractivity contribution in [1.82, 2.24) is 5.32 Å². The van der Waals surface area contributed by atoms with Crippen molar-refractivity contribution in [2.75, 3.05) is 11.5 Å². The smallest absolute Gasteiger partial charge is 0.235 e. The van der Waals surface area contributed by atoms with Crippen molar-refractivity contribution in [3.8, 4) is 0 Å². The van der Waals surface area contributed by atoms with Gasteiger partial charge in [0.15, 0.2) is 9.84 Å². The van der Waals surface area contributed by atoms with Gasteiger partial charge in [0.05, 0.1) is 15.6 Å². The van der Waals surface area contributed by atoms with Gasteiger partial charge in [-0.25, -0.2) is 8.42 Å². The number of hydrogen-bond donors (Lipinski definition) is 2. The van der Waals surface area contributed by atoms with Crippen LogP contribution in [0.15, 0.2) is 23.1 Å². The van der Waals surface area contributed by atoms with E-state index >= 15 is 0 Å². The van der Waals surface area contributed by atoms with Crippen LogP contribution in [0.4, 0.5) is 5.69 Å². The number of nitrogens with two attached hydrogens (primary N) is 1. The Morgan fingerprint density at radius 2 is 1.95 bits per heavy atom. The fraction of sp³-hybridized carbons (Fsp3) is 0.462. The van der Waals surface area contributed by atoms with Gasteiger partial charge < -0.3 is 11.1 Å². The molecule has 0 aliphatic rings. The Bertz CT molecular complexity index is 583. The van der Waals surface area contributed by atoms with Crippen LogP contribution in [-0.4, -0.2) is 26.1 Å². The first-order valence-electron chi connectivity index (χ1n) is 6.37. The lowest BCUT2D eigenvalue weighted by atomic mass is 10.2. The third kappa shape index (κ3) is 4.38. The minimum atomic E-state index is -3.71. The predicted molar refractivity (Wildman–Crippen MR) is 80.4 cm³/mol. The summed E-state index contributed by atoms with van der Waals surface area (Å²) >= 11 is 5.80. The molecule has 0 saturated heterocycles. The van der Waals surface area contributed by atoms with Gasteiger partial charge in [-0.2, -0.15) is 0 Å². The maximum Gasteiger partial charge on any atom is 0.235 e. The Morgan fingerprint density at radius 3 is 2.45 bits per heavy atom. The minimum absolute atomic E-state index is 0.00334. The van der Waals surface area contributed by atoms with Crippen LogP contribution in [0, 0.1) is 0 Å². The van der Waals surface area contributed by atoms with Crippen LogP contribution >= 0.6 is 11.6 Å². The summed E-state index contributed by atoms with van der Waals surface area (Å²) < 4.78 is 24.2. The van der Waals surface area contributed by atoms with Crippen molar-refractivity contribution in [1.29, 1.82) is 0 Å². The number of nitrogens with one attached hydrogen (secondary N) is 1. The molecule has 0 radical (unpaired) electrons. The van der Waals surface area contributed by atoms with Crippen molar-refractivity contribution in [2.24, 2.45) is 0 Å². The van der Waals surface area contributed by atoms with Gasteiger partial charge in [-0.1, -0.05) is 25.4 Å². The molecule has 3 N–H and O–H groups in total. The molecule has 0 atom stereocenters. The highest BCUT2D eigenvalue weighted by Gasteiger charge is 2.21. The van der Waals surface area contributed by atoms with Crippen molar-refractivity contribution < 1.29 is 13.2 Å². The van der Waals surface area contributed by atoms with E-state index in [0.29, 0.717) is 5.69 Å². The fourth-order valence-electron chi connectivity index (χ4n) is 1.72. The quantitative estimate of drug-likeness (QED) is 0.785. The van der Waals surface area contributed by atoms with Gasteiger partial charge in [0.2, 0.25) is 5.91 Å². The Labute approximate surface area is 124 Å². The van der Waals surface area contributed by atoms with Crippen LogP contribution in [0.25, 0.3) is 0 Å². The second-order valence-corrected chi connectivity index (χ2v) is 6.92. The first kappa shape index (κ1) is 16.8. The molecule has 20 heavy (non-hydrogen) atoms. The number of benzene rings is 1. The van der Waals surface area contributed by atoms with Gasteiger partial charge >= 0.3 is 0 Å². The average molecular weight is 319 g/mol. The molecule has 1 aromatic rings.